The smallest absolute Gasteiger partial charge is 0.395 e. The van der Waals surface area contributed by atoms with Gasteiger partial charge >= 0.3 is 6.29 Å². The Balaban J connectivity index is 1.35. The summed E-state index contributed by atoms with van der Waals surface area (Å²) >= 11 is 0. The first kappa shape index (κ1) is 17.2. The number of hydrogen-bond acceptors (Lipinski definition) is 4. The lowest BCUT2D eigenvalue weighted by atomic mass is 10.0. The highest BCUT2D eigenvalue weighted by atomic mass is 19.3. The number of ether oxygens (including phenoxy) is 2. The predicted octanol–water partition coefficient (Wildman–Crippen LogP) is 4.80. The van der Waals surface area contributed by atoms with Crippen molar-refractivity contribution in [1.82, 2.24) is 9.97 Å². The van der Waals surface area contributed by atoms with Crippen LogP contribution in [0.4, 0.5) is 14.7 Å². The second-order valence-corrected chi connectivity index (χ2v) is 6.47. The number of carbonyl (C=O) groups is 1. The van der Waals surface area contributed by atoms with Crippen LogP contribution in [0.5, 0.6) is 11.5 Å². The topological polar surface area (TPSA) is 76.2 Å². The number of carbonyl (C=O) groups excluding carboxylic acids is 1. The summed E-state index contributed by atoms with van der Waals surface area (Å²) < 4.78 is 35.1. The second kappa shape index (κ2) is 6.30. The number of halogens is 2. The molecule has 6 nitrogen and oxygen atoms in total. The van der Waals surface area contributed by atoms with Gasteiger partial charge in [-0.25, -0.2) is 4.98 Å². The quantitative estimate of drug-likeness (QED) is 0.524. The van der Waals surface area contributed by atoms with E-state index in [1.165, 1.54) is 12.1 Å². The number of anilines is 1. The van der Waals surface area contributed by atoms with Crippen LogP contribution in [0.15, 0.2) is 66.7 Å². The van der Waals surface area contributed by atoms with Gasteiger partial charge in [-0.1, -0.05) is 42.5 Å². The number of rotatable bonds is 3. The van der Waals surface area contributed by atoms with Crippen molar-refractivity contribution >= 4 is 22.9 Å². The zero-order valence-corrected chi connectivity index (χ0v) is 14.8. The average molecular weight is 393 g/mol. The van der Waals surface area contributed by atoms with E-state index in [1.54, 1.807) is 12.1 Å². The highest BCUT2D eigenvalue weighted by Gasteiger charge is 2.43. The number of alkyl halides is 2. The molecule has 0 fully saturated rings. The van der Waals surface area contributed by atoms with Gasteiger partial charge in [-0.2, -0.15) is 0 Å². The molecule has 1 amide bonds. The largest absolute Gasteiger partial charge is 0.586 e. The Bertz CT molecular complexity index is 1180. The number of H-pyrrole nitrogens is 1. The van der Waals surface area contributed by atoms with Gasteiger partial charge in [0.15, 0.2) is 11.5 Å². The van der Waals surface area contributed by atoms with Crippen molar-refractivity contribution in [2.45, 2.75) is 6.29 Å². The van der Waals surface area contributed by atoms with E-state index in [-0.39, 0.29) is 23.4 Å². The van der Waals surface area contributed by atoms with E-state index in [4.69, 9.17) is 0 Å². The van der Waals surface area contributed by atoms with E-state index in [0.717, 1.165) is 11.1 Å². The Morgan fingerprint density at radius 2 is 1.59 bits per heavy atom. The van der Waals surface area contributed by atoms with E-state index < -0.39 is 6.29 Å². The molecule has 4 aromatic rings. The SMILES string of the molecule is O=C(Nc1nc2cc3c(cc2[nH]1)OC(F)(F)O3)c1ccc(-c2ccccc2)cc1. The van der Waals surface area contributed by atoms with E-state index >= 15 is 0 Å². The third-order valence-electron chi connectivity index (χ3n) is 4.49. The van der Waals surface area contributed by atoms with Gasteiger partial charge < -0.3 is 14.5 Å². The van der Waals surface area contributed by atoms with Gasteiger partial charge in [-0.15, -0.1) is 8.78 Å². The van der Waals surface area contributed by atoms with Crippen LogP contribution in [0.25, 0.3) is 22.2 Å². The van der Waals surface area contributed by atoms with Gasteiger partial charge in [0, 0.05) is 17.7 Å². The molecule has 2 N–H and O–H groups in total. The van der Waals surface area contributed by atoms with E-state index in [1.807, 2.05) is 42.5 Å². The summed E-state index contributed by atoms with van der Waals surface area (Å²) in [5, 5.41) is 2.66. The van der Waals surface area contributed by atoms with Gasteiger partial charge in [-0.3, -0.25) is 10.1 Å². The Labute approximate surface area is 163 Å². The number of benzene rings is 3. The first-order valence-electron chi connectivity index (χ1n) is 8.73. The standard InChI is InChI=1S/C21H13F2N3O3/c22-21(23)28-17-10-15-16(11-18(17)29-21)25-20(24-15)26-19(27)14-8-6-13(7-9-14)12-4-2-1-3-5-12/h1-11H,(H2,24,25,26,27). The van der Waals surface area contributed by atoms with Crippen molar-refractivity contribution in [2.24, 2.45) is 0 Å². The van der Waals surface area contributed by atoms with Crippen LogP contribution in [0, 0.1) is 0 Å². The van der Waals surface area contributed by atoms with Gasteiger partial charge in [0.05, 0.1) is 11.0 Å². The van der Waals surface area contributed by atoms with E-state index in [9.17, 15) is 13.6 Å². The molecule has 1 aromatic heterocycles. The second-order valence-electron chi connectivity index (χ2n) is 6.47. The van der Waals surface area contributed by atoms with Crippen molar-refractivity contribution in [3.63, 3.8) is 0 Å². The molecule has 8 heteroatoms. The fraction of sp³-hybridized carbons (Fsp3) is 0.0476. The first-order chi connectivity index (χ1) is 14.0. The average Bonchev–Trinajstić information content (AvgIpc) is 3.23. The van der Waals surface area contributed by atoms with Crippen LogP contribution in [-0.2, 0) is 0 Å². The zero-order chi connectivity index (χ0) is 20.0. The van der Waals surface area contributed by atoms with Crippen molar-refractivity contribution in [1.29, 1.82) is 0 Å². The molecule has 144 valence electrons. The predicted molar refractivity (Wildman–Crippen MR) is 102 cm³/mol. The van der Waals surface area contributed by atoms with Gasteiger partial charge in [-0.05, 0) is 23.3 Å². The minimum Gasteiger partial charge on any atom is -0.395 e. The normalized spacial score (nSPS) is 14.1. The number of aromatic amines is 1. The summed E-state index contributed by atoms with van der Waals surface area (Å²) in [7, 11) is 0. The summed E-state index contributed by atoms with van der Waals surface area (Å²) in [5.41, 5.74) is 3.30. The molecule has 29 heavy (non-hydrogen) atoms. The van der Waals surface area contributed by atoms with Crippen LogP contribution in [0.1, 0.15) is 10.4 Å². The van der Waals surface area contributed by atoms with Crippen LogP contribution in [0.3, 0.4) is 0 Å². The summed E-state index contributed by atoms with van der Waals surface area (Å²) in [6, 6.07) is 19.7. The van der Waals surface area contributed by atoms with Crippen LogP contribution in [0.2, 0.25) is 0 Å². The fourth-order valence-electron chi connectivity index (χ4n) is 3.14. The number of amides is 1. The van der Waals surface area contributed by atoms with Crippen LogP contribution >= 0.6 is 0 Å². The van der Waals surface area contributed by atoms with Crippen molar-refractivity contribution < 1.29 is 23.0 Å². The maximum absolute atomic E-state index is 13.1. The third kappa shape index (κ3) is 3.25. The molecule has 0 atom stereocenters. The molecule has 0 saturated carbocycles. The zero-order valence-electron chi connectivity index (χ0n) is 14.8. The third-order valence-corrected chi connectivity index (χ3v) is 4.49. The maximum atomic E-state index is 13.1. The van der Waals surface area contributed by atoms with E-state index in [2.05, 4.69) is 24.8 Å². The monoisotopic (exact) mass is 393 g/mol. The van der Waals surface area contributed by atoms with Crippen molar-refractivity contribution in [3.05, 3.63) is 72.3 Å². The first-order valence-corrected chi connectivity index (χ1v) is 8.73. The Morgan fingerprint density at radius 3 is 2.31 bits per heavy atom. The number of fused-ring (bicyclic) bond motifs is 2. The molecule has 0 aliphatic carbocycles. The number of imidazole rings is 1. The minimum absolute atomic E-state index is 0.0967. The molecule has 0 radical (unpaired) electrons. The summed E-state index contributed by atoms with van der Waals surface area (Å²) in [4.78, 5) is 19.6. The van der Waals surface area contributed by atoms with Crippen LogP contribution in [-0.4, -0.2) is 22.2 Å². The maximum Gasteiger partial charge on any atom is 0.586 e. The van der Waals surface area contributed by atoms with E-state index in [0.29, 0.717) is 16.6 Å². The Kier molecular flexibility index (Phi) is 3.73. The van der Waals surface area contributed by atoms with Gasteiger partial charge in [0.2, 0.25) is 5.95 Å². The summed E-state index contributed by atoms with van der Waals surface area (Å²) in [5.74, 6) is -0.369. The molecule has 5 rings (SSSR count). The number of hydrogen-bond donors (Lipinski definition) is 2. The number of aromatic nitrogens is 2. The lowest BCUT2D eigenvalue weighted by Gasteiger charge is -2.05. The Morgan fingerprint density at radius 1 is 0.931 bits per heavy atom. The van der Waals surface area contributed by atoms with Crippen molar-refractivity contribution in [3.8, 4) is 22.6 Å². The molecular weight excluding hydrogens is 380 g/mol. The molecule has 1 aliphatic rings. The summed E-state index contributed by atoms with van der Waals surface area (Å²) in [6.45, 7) is 0. The fourth-order valence-corrected chi connectivity index (χ4v) is 3.14. The summed E-state index contributed by atoms with van der Waals surface area (Å²) in [6.07, 6.45) is -3.69. The molecule has 0 bridgehead atoms. The molecule has 1 aliphatic heterocycles. The highest BCUT2D eigenvalue weighted by Crippen LogP contribution is 2.42. The van der Waals surface area contributed by atoms with Gasteiger partial charge in [0.1, 0.15) is 0 Å². The number of nitrogens with one attached hydrogen (secondary N) is 2. The highest BCUT2D eigenvalue weighted by molar-refractivity contribution is 6.04. The van der Waals surface area contributed by atoms with Gasteiger partial charge in [0.25, 0.3) is 5.91 Å². The lowest BCUT2D eigenvalue weighted by molar-refractivity contribution is -0.286. The number of nitrogens with zero attached hydrogens (tertiary/aromatic N) is 1. The van der Waals surface area contributed by atoms with Crippen molar-refractivity contribution in [2.75, 3.05) is 5.32 Å². The molecular formula is C21H13F2N3O3. The molecule has 0 spiro atoms. The molecule has 0 saturated heterocycles. The molecule has 2 heterocycles. The molecule has 0 unspecified atom stereocenters. The lowest BCUT2D eigenvalue weighted by Crippen LogP contribution is -2.25. The Hall–Kier alpha value is -3.94. The molecule has 3 aromatic carbocycles. The minimum atomic E-state index is -3.69. The van der Waals surface area contributed by atoms with Crippen LogP contribution < -0.4 is 14.8 Å².